The average molecular weight is 292 g/mol. The van der Waals surface area contributed by atoms with Crippen molar-refractivity contribution in [2.24, 2.45) is 18.7 Å². The lowest BCUT2D eigenvalue weighted by molar-refractivity contribution is -0.121. The number of nitrogens with zero attached hydrogens (tertiary/aromatic N) is 5. The van der Waals surface area contributed by atoms with Gasteiger partial charge in [-0.2, -0.15) is 9.47 Å². The Bertz CT molecular complexity index is 635. The van der Waals surface area contributed by atoms with E-state index in [1.165, 1.54) is 11.5 Å². The van der Waals surface area contributed by atoms with E-state index in [9.17, 15) is 4.79 Å². The molecule has 1 fully saturated rings. The highest BCUT2D eigenvalue weighted by molar-refractivity contribution is 7.09. The molecule has 1 aliphatic rings. The van der Waals surface area contributed by atoms with E-state index in [-0.39, 0.29) is 17.7 Å². The van der Waals surface area contributed by atoms with Gasteiger partial charge in [0.05, 0.1) is 12.1 Å². The molecular weight excluding hydrogens is 276 g/mol. The summed E-state index contributed by atoms with van der Waals surface area (Å²) in [5.41, 5.74) is 6.59. The molecule has 0 spiro atoms. The fourth-order valence-electron chi connectivity index (χ4n) is 2.63. The number of amides is 1. The lowest BCUT2D eigenvalue weighted by atomic mass is 9.90. The molecule has 0 saturated carbocycles. The Hall–Kier alpha value is -1.96. The van der Waals surface area contributed by atoms with E-state index in [1.54, 1.807) is 10.9 Å². The topological polar surface area (TPSA) is 89.9 Å². The van der Waals surface area contributed by atoms with Crippen LogP contribution in [0.3, 0.4) is 0 Å². The van der Waals surface area contributed by atoms with Gasteiger partial charge in [0.1, 0.15) is 5.82 Å². The van der Waals surface area contributed by atoms with E-state index < -0.39 is 0 Å². The highest BCUT2D eigenvalue weighted by Gasteiger charge is 2.39. The van der Waals surface area contributed by atoms with Crippen LogP contribution in [-0.4, -0.2) is 38.1 Å². The molecule has 0 unspecified atom stereocenters. The molecule has 1 amide bonds. The SMILES string of the molecule is Cc1nsc(N2C[C@H](C(N)=O)[C@@H](c3cnn(C)c3)C2)n1. The number of rotatable bonds is 3. The predicted molar refractivity (Wildman–Crippen MR) is 75.5 cm³/mol. The molecule has 0 bridgehead atoms. The number of aromatic nitrogens is 4. The maximum Gasteiger partial charge on any atom is 0.223 e. The summed E-state index contributed by atoms with van der Waals surface area (Å²) in [6, 6.07) is 0. The van der Waals surface area contributed by atoms with Crippen molar-refractivity contribution in [3.63, 3.8) is 0 Å². The second kappa shape index (κ2) is 4.86. The molecule has 0 aliphatic carbocycles. The van der Waals surface area contributed by atoms with Crippen molar-refractivity contribution in [2.75, 3.05) is 18.0 Å². The van der Waals surface area contributed by atoms with Gasteiger partial charge < -0.3 is 10.6 Å². The fraction of sp³-hybridized carbons (Fsp3) is 0.500. The first-order valence-corrected chi connectivity index (χ1v) is 7.15. The van der Waals surface area contributed by atoms with Gasteiger partial charge in [-0.1, -0.05) is 0 Å². The largest absolute Gasteiger partial charge is 0.369 e. The fourth-order valence-corrected chi connectivity index (χ4v) is 3.32. The smallest absolute Gasteiger partial charge is 0.223 e. The van der Waals surface area contributed by atoms with E-state index in [1.807, 2.05) is 20.2 Å². The second-order valence-corrected chi connectivity index (χ2v) is 5.82. The van der Waals surface area contributed by atoms with E-state index in [0.717, 1.165) is 16.5 Å². The van der Waals surface area contributed by atoms with Gasteiger partial charge in [-0.25, -0.2) is 4.98 Å². The van der Waals surface area contributed by atoms with E-state index in [4.69, 9.17) is 5.73 Å². The molecule has 0 radical (unpaired) electrons. The maximum atomic E-state index is 11.7. The minimum atomic E-state index is -0.275. The monoisotopic (exact) mass is 292 g/mol. The summed E-state index contributed by atoms with van der Waals surface area (Å²) < 4.78 is 5.93. The lowest BCUT2D eigenvalue weighted by Crippen LogP contribution is -2.29. The minimum absolute atomic E-state index is 0.0606. The number of carbonyl (C=O) groups excluding carboxylic acids is 1. The third-order valence-electron chi connectivity index (χ3n) is 3.63. The molecule has 0 aromatic carbocycles. The predicted octanol–water partition coefficient (Wildman–Crippen LogP) is 0.285. The van der Waals surface area contributed by atoms with Gasteiger partial charge in [0.15, 0.2) is 0 Å². The Morgan fingerprint density at radius 1 is 1.50 bits per heavy atom. The van der Waals surface area contributed by atoms with Crippen LogP contribution >= 0.6 is 11.5 Å². The Kier molecular flexibility index (Phi) is 3.17. The molecule has 8 heteroatoms. The third kappa shape index (κ3) is 2.26. The molecule has 2 N–H and O–H groups in total. The van der Waals surface area contributed by atoms with Crippen LogP contribution < -0.4 is 10.6 Å². The molecule has 2 aromatic heterocycles. The summed E-state index contributed by atoms with van der Waals surface area (Å²) in [6.07, 6.45) is 3.74. The van der Waals surface area contributed by atoms with Crippen molar-refractivity contribution < 1.29 is 4.79 Å². The van der Waals surface area contributed by atoms with Crippen LogP contribution in [-0.2, 0) is 11.8 Å². The zero-order valence-corrected chi connectivity index (χ0v) is 12.2. The standard InChI is InChI=1S/C12H16N6OS/c1-7-15-12(20-16-7)18-5-9(10(6-18)11(13)19)8-3-14-17(2)4-8/h3-4,9-10H,5-6H2,1-2H3,(H2,13,19)/t9-,10+/m1/s1. The summed E-state index contributed by atoms with van der Waals surface area (Å²) in [6.45, 7) is 3.16. The van der Waals surface area contributed by atoms with Crippen LogP contribution in [0.4, 0.5) is 5.13 Å². The summed E-state index contributed by atoms with van der Waals surface area (Å²) in [4.78, 5) is 18.2. The first-order chi connectivity index (χ1) is 9.54. The number of carbonyl (C=O) groups is 1. The van der Waals surface area contributed by atoms with Crippen LogP contribution in [0.15, 0.2) is 12.4 Å². The number of hydrogen-bond acceptors (Lipinski definition) is 6. The highest BCUT2D eigenvalue weighted by atomic mass is 32.1. The minimum Gasteiger partial charge on any atom is -0.369 e. The Balaban J connectivity index is 1.87. The number of anilines is 1. The molecule has 1 saturated heterocycles. The summed E-state index contributed by atoms with van der Waals surface area (Å²) in [7, 11) is 1.86. The van der Waals surface area contributed by atoms with Crippen LogP contribution in [0, 0.1) is 12.8 Å². The molecule has 2 atom stereocenters. The zero-order valence-electron chi connectivity index (χ0n) is 11.4. The van der Waals surface area contributed by atoms with Gasteiger partial charge >= 0.3 is 0 Å². The second-order valence-electron chi connectivity index (χ2n) is 5.09. The molecule has 106 valence electrons. The van der Waals surface area contributed by atoms with E-state index in [2.05, 4.69) is 19.4 Å². The first-order valence-electron chi connectivity index (χ1n) is 6.37. The van der Waals surface area contributed by atoms with Gasteiger partial charge in [-0.3, -0.25) is 9.48 Å². The van der Waals surface area contributed by atoms with Crippen molar-refractivity contribution in [1.29, 1.82) is 0 Å². The first kappa shape index (κ1) is 13.0. The normalized spacial score (nSPS) is 22.4. The molecule has 2 aromatic rings. The van der Waals surface area contributed by atoms with Crippen molar-refractivity contribution in [2.45, 2.75) is 12.8 Å². The quantitative estimate of drug-likeness (QED) is 0.878. The van der Waals surface area contributed by atoms with Crippen LogP contribution in [0.1, 0.15) is 17.3 Å². The van der Waals surface area contributed by atoms with E-state index in [0.29, 0.717) is 13.1 Å². The van der Waals surface area contributed by atoms with Crippen LogP contribution in [0.5, 0.6) is 0 Å². The molecule has 1 aliphatic heterocycles. The molecule has 7 nitrogen and oxygen atoms in total. The van der Waals surface area contributed by atoms with Crippen LogP contribution in [0.25, 0.3) is 0 Å². The number of aryl methyl sites for hydroxylation is 2. The third-order valence-corrected chi connectivity index (χ3v) is 4.49. The van der Waals surface area contributed by atoms with Crippen molar-refractivity contribution in [1.82, 2.24) is 19.1 Å². The zero-order chi connectivity index (χ0) is 14.3. The number of primary amides is 1. The summed E-state index contributed by atoms with van der Waals surface area (Å²) in [5.74, 6) is 0.321. The van der Waals surface area contributed by atoms with Gasteiger partial charge in [0, 0.05) is 43.8 Å². The van der Waals surface area contributed by atoms with Gasteiger partial charge in [-0.15, -0.1) is 0 Å². The lowest BCUT2D eigenvalue weighted by Gasteiger charge is -2.13. The van der Waals surface area contributed by atoms with Crippen molar-refractivity contribution in [3.8, 4) is 0 Å². The molecule has 20 heavy (non-hydrogen) atoms. The van der Waals surface area contributed by atoms with Gasteiger partial charge in [-0.05, 0) is 12.5 Å². The summed E-state index contributed by atoms with van der Waals surface area (Å²) in [5, 5.41) is 5.02. The Morgan fingerprint density at radius 2 is 2.30 bits per heavy atom. The van der Waals surface area contributed by atoms with Gasteiger partial charge in [0.25, 0.3) is 0 Å². The Morgan fingerprint density at radius 3 is 2.85 bits per heavy atom. The van der Waals surface area contributed by atoms with Crippen molar-refractivity contribution in [3.05, 3.63) is 23.8 Å². The van der Waals surface area contributed by atoms with E-state index >= 15 is 0 Å². The average Bonchev–Trinajstić information content (AvgIpc) is 3.06. The highest BCUT2D eigenvalue weighted by Crippen LogP contribution is 2.35. The number of nitrogens with two attached hydrogens (primary N) is 1. The molecule has 3 rings (SSSR count). The van der Waals surface area contributed by atoms with Crippen LogP contribution in [0.2, 0.25) is 0 Å². The number of hydrogen-bond donors (Lipinski definition) is 1. The summed E-state index contributed by atoms with van der Waals surface area (Å²) >= 11 is 1.35. The van der Waals surface area contributed by atoms with Crippen molar-refractivity contribution >= 4 is 22.6 Å². The maximum absolute atomic E-state index is 11.7. The molecule has 3 heterocycles. The van der Waals surface area contributed by atoms with Gasteiger partial charge in [0.2, 0.25) is 11.0 Å². The Labute approximate surface area is 120 Å². The molecular formula is C12H16N6OS.